The van der Waals surface area contributed by atoms with E-state index in [4.69, 9.17) is 21.3 Å². The van der Waals surface area contributed by atoms with E-state index in [0.29, 0.717) is 17.5 Å². The number of carbonyl (C=O) groups excluding carboxylic acids is 1. The zero-order chi connectivity index (χ0) is 23.5. The van der Waals surface area contributed by atoms with Crippen LogP contribution in [0, 0.1) is 5.92 Å². The molecule has 1 saturated heterocycles. The number of fused-ring (bicyclic) bond motifs is 1. The lowest BCUT2D eigenvalue weighted by Crippen LogP contribution is -2.45. The summed E-state index contributed by atoms with van der Waals surface area (Å²) < 4.78 is 5.49. The van der Waals surface area contributed by atoms with Gasteiger partial charge in [0.25, 0.3) is 0 Å². The monoisotopic (exact) mass is 482 g/mol. The van der Waals surface area contributed by atoms with E-state index in [0.717, 1.165) is 79.5 Å². The maximum absolute atomic E-state index is 12.7. The van der Waals surface area contributed by atoms with E-state index in [9.17, 15) is 4.79 Å². The van der Waals surface area contributed by atoms with E-state index in [1.54, 1.807) is 6.20 Å². The van der Waals surface area contributed by atoms with Crippen LogP contribution >= 0.6 is 11.6 Å². The molecule has 8 nitrogen and oxygen atoms in total. The van der Waals surface area contributed by atoms with E-state index in [2.05, 4.69) is 32.5 Å². The third kappa shape index (κ3) is 5.03. The standard InChI is InChI=1S/C25H31ClN6O2/c1-2-15-11-27-24(21-13-29-23-20(21)9-17(26)12-28-23)32-22(15)30-18-6-3-7-19(10-18)31-25(33)16-5-4-8-34-14-16/h9,11-13,16,18-19H,2-8,10,14H2,1H3,(H,28,29)(H,31,33)(H,27,30,32)/t16?,18-,19+/m0/s1. The third-order valence-corrected chi connectivity index (χ3v) is 7.08. The fourth-order valence-corrected chi connectivity index (χ4v) is 5.15. The highest BCUT2D eigenvalue weighted by Gasteiger charge is 2.28. The van der Waals surface area contributed by atoms with Gasteiger partial charge in [-0.1, -0.05) is 18.5 Å². The van der Waals surface area contributed by atoms with Gasteiger partial charge in [0.05, 0.1) is 17.5 Å². The van der Waals surface area contributed by atoms with Crippen LogP contribution in [0.3, 0.4) is 0 Å². The predicted octanol–water partition coefficient (Wildman–Crippen LogP) is 4.50. The molecule has 2 fully saturated rings. The number of nitrogens with zero attached hydrogens (tertiary/aromatic N) is 3. The molecule has 4 heterocycles. The predicted molar refractivity (Wildman–Crippen MR) is 133 cm³/mol. The topological polar surface area (TPSA) is 105 Å². The summed E-state index contributed by atoms with van der Waals surface area (Å²) in [6.45, 7) is 3.41. The number of ether oxygens (including phenoxy) is 1. The number of aryl methyl sites for hydroxylation is 1. The van der Waals surface area contributed by atoms with E-state index >= 15 is 0 Å². The number of hydrogen-bond donors (Lipinski definition) is 3. The molecule has 1 aliphatic carbocycles. The van der Waals surface area contributed by atoms with Gasteiger partial charge in [-0.15, -0.1) is 0 Å². The summed E-state index contributed by atoms with van der Waals surface area (Å²) in [5.74, 6) is 1.61. The van der Waals surface area contributed by atoms with Gasteiger partial charge in [0.2, 0.25) is 5.91 Å². The van der Waals surface area contributed by atoms with Crippen LogP contribution in [0.1, 0.15) is 51.0 Å². The van der Waals surface area contributed by atoms with Gasteiger partial charge in [0.1, 0.15) is 11.5 Å². The Morgan fingerprint density at radius 2 is 2.09 bits per heavy atom. The van der Waals surface area contributed by atoms with Crippen molar-refractivity contribution in [1.29, 1.82) is 0 Å². The van der Waals surface area contributed by atoms with Crippen molar-refractivity contribution in [2.45, 2.75) is 64.0 Å². The number of aromatic nitrogens is 4. The molecule has 0 spiro atoms. The summed E-state index contributed by atoms with van der Waals surface area (Å²) in [5.41, 5.74) is 2.70. The molecule has 1 amide bonds. The average molecular weight is 483 g/mol. The number of H-pyrrole nitrogens is 1. The average Bonchev–Trinajstić information content (AvgIpc) is 3.28. The maximum Gasteiger partial charge on any atom is 0.225 e. The normalized spacial score (nSPS) is 23.1. The Bertz CT molecular complexity index is 1160. The van der Waals surface area contributed by atoms with E-state index < -0.39 is 0 Å². The molecule has 3 N–H and O–H groups in total. The van der Waals surface area contributed by atoms with Crippen LogP contribution in [-0.4, -0.2) is 51.1 Å². The Balaban J connectivity index is 1.31. The zero-order valence-electron chi connectivity index (χ0n) is 19.4. The van der Waals surface area contributed by atoms with Crippen LogP contribution in [0.2, 0.25) is 5.02 Å². The van der Waals surface area contributed by atoms with Crippen molar-refractivity contribution >= 4 is 34.4 Å². The van der Waals surface area contributed by atoms with Crippen LogP contribution in [-0.2, 0) is 16.0 Å². The minimum atomic E-state index is -0.0163. The summed E-state index contributed by atoms with van der Waals surface area (Å²) in [4.78, 5) is 29.7. The van der Waals surface area contributed by atoms with Gasteiger partial charge < -0.3 is 20.4 Å². The minimum Gasteiger partial charge on any atom is -0.381 e. The summed E-state index contributed by atoms with van der Waals surface area (Å²) in [6.07, 6.45) is 12.1. The number of hydrogen-bond acceptors (Lipinski definition) is 6. The smallest absolute Gasteiger partial charge is 0.225 e. The Labute approximate surface area is 204 Å². The Morgan fingerprint density at radius 1 is 1.21 bits per heavy atom. The van der Waals surface area contributed by atoms with Gasteiger partial charge in [-0.2, -0.15) is 0 Å². The molecule has 3 aromatic rings. The molecule has 3 atom stereocenters. The molecule has 0 aromatic carbocycles. The van der Waals surface area contributed by atoms with Crippen LogP contribution in [0.25, 0.3) is 22.4 Å². The number of carbonyl (C=O) groups is 1. The zero-order valence-corrected chi connectivity index (χ0v) is 20.2. The number of aromatic amines is 1. The molecule has 0 bridgehead atoms. The second kappa shape index (κ2) is 10.3. The first-order valence-electron chi connectivity index (χ1n) is 12.2. The molecule has 1 aliphatic heterocycles. The molecule has 180 valence electrons. The van der Waals surface area contributed by atoms with Crippen molar-refractivity contribution in [3.63, 3.8) is 0 Å². The number of anilines is 1. The summed E-state index contributed by atoms with van der Waals surface area (Å²) >= 11 is 6.18. The van der Waals surface area contributed by atoms with Crippen LogP contribution in [0.4, 0.5) is 5.82 Å². The summed E-state index contributed by atoms with van der Waals surface area (Å²) in [5, 5.41) is 8.42. The molecular formula is C25H31ClN6O2. The Morgan fingerprint density at radius 3 is 2.91 bits per heavy atom. The third-order valence-electron chi connectivity index (χ3n) is 6.88. The highest BCUT2D eigenvalue weighted by molar-refractivity contribution is 6.31. The van der Waals surface area contributed by atoms with Crippen molar-refractivity contribution in [2.75, 3.05) is 18.5 Å². The SMILES string of the molecule is CCc1cnc(-c2c[nH]c3ncc(Cl)cc23)nc1N[C@H]1CCC[C@@H](NC(=O)C2CCCOC2)C1. The molecule has 5 rings (SSSR count). The quantitative estimate of drug-likeness (QED) is 0.477. The van der Waals surface area contributed by atoms with Crippen molar-refractivity contribution in [1.82, 2.24) is 25.3 Å². The molecule has 3 aromatic heterocycles. The van der Waals surface area contributed by atoms with Gasteiger partial charge in [0.15, 0.2) is 5.82 Å². The minimum absolute atomic E-state index is 0.0163. The fourth-order valence-electron chi connectivity index (χ4n) is 5.00. The largest absolute Gasteiger partial charge is 0.381 e. The highest BCUT2D eigenvalue weighted by atomic mass is 35.5. The van der Waals surface area contributed by atoms with Crippen LogP contribution in [0.5, 0.6) is 0 Å². The second-order valence-corrected chi connectivity index (χ2v) is 9.74. The highest BCUT2D eigenvalue weighted by Crippen LogP contribution is 2.30. The number of nitrogens with one attached hydrogen (secondary N) is 3. The molecule has 9 heteroatoms. The van der Waals surface area contributed by atoms with Gasteiger partial charge in [-0.05, 0) is 51.0 Å². The van der Waals surface area contributed by atoms with Crippen LogP contribution in [0.15, 0.2) is 24.7 Å². The van der Waals surface area contributed by atoms with Gasteiger partial charge in [-0.25, -0.2) is 15.0 Å². The molecule has 1 saturated carbocycles. The fraction of sp³-hybridized carbons (Fsp3) is 0.520. The molecule has 2 aliphatic rings. The Kier molecular flexibility index (Phi) is 6.97. The van der Waals surface area contributed by atoms with Gasteiger partial charge in [-0.3, -0.25) is 4.79 Å². The van der Waals surface area contributed by atoms with Crippen molar-refractivity contribution in [2.24, 2.45) is 5.92 Å². The summed E-state index contributed by atoms with van der Waals surface area (Å²) in [6, 6.07) is 2.30. The summed E-state index contributed by atoms with van der Waals surface area (Å²) in [7, 11) is 0. The molecule has 34 heavy (non-hydrogen) atoms. The second-order valence-electron chi connectivity index (χ2n) is 9.30. The van der Waals surface area contributed by atoms with E-state index in [1.165, 1.54) is 0 Å². The number of rotatable bonds is 6. The maximum atomic E-state index is 12.7. The van der Waals surface area contributed by atoms with Crippen molar-refractivity contribution in [3.8, 4) is 11.4 Å². The Hall–Kier alpha value is -2.71. The lowest BCUT2D eigenvalue weighted by Gasteiger charge is -2.32. The molecular weight excluding hydrogens is 452 g/mol. The molecule has 0 radical (unpaired) electrons. The first-order chi connectivity index (χ1) is 16.6. The van der Waals surface area contributed by atoms with E-state index in [1.807, 2.05) is 18.5 Å². The van der Waals surface area contributed by atoms with Crippen molar-refractivity contribution in [3.05, 3.63) is 35.2 Å². The molecule has 1 unspecified atom stereocenters. The lowest BCUT2D eigenvalue weighted by atomic mass is 9.90. The van der Waals surface area contributed by atoms with E-state index in [-0.39, 0.29) is 23.9 Å². The van der Waals surface area contributed by atoms with Crippen LogP contribution < -0.4 is 10.6 Å². The van der Waals surface area contributed by atoms with Gasteiger partial charge >= 0.3 is 0 Å². The number of pyridine rings is 1. The number of amides is 1. The van der Waals surface area contributed by atoms with Gasteiger partial charge in [0, 0.05) is 53.8 Å². The van der Waals surface area contributed by atoms with Crippen molar-refractivity contribution < 1.29 is 9.53 Å². The first-order valence-corrected chi connectivity index (χ1v) is 12.6. The number of halogens is 1. The first kappa shape index (κ1) is 23.1. The lowest BCUT2D eigenvalue weighted by molar-refractivity contribution is -0.129.